The topological polar surface area (TPSA) is 69.6 Å². The average molecular weight is 271 g/mol. The number of nitrogens with zero attached hydrogens (tertiary/aromatic N) is 1. The number of phenolic OH excluding ortho intramolecular Hbond substituents is 1. The van der Waals surface area contributed by atoms with Crippen LogP contribution in [0.2, 0.25) is 5.02 Å². The fourth-order valence-corrected chi connectivity index (χ4v) is 1.49. The summed E-state index contributed by atoms with van der Waals surface area (Å²) in [5.74, 6) is -0.520. The van der Waals surface area contributed by atoms with E-state index in [0.29, 0.717) is 0 Å². The molecule has 0 saturated carbocycles. The molecule has 0 atom stereocenters. The van der Waals surface area contributed by atoms with Gasteiger partial charge in [-0.05, 0) is 18.2 Å². The third-order valence-corrected chi connectivity index (χ3v) is 2.65. The molecule has 0 aliphatic heterocycles. The Morgan fingerprint density at radius 2 is 2.06 bits per heavy atom. The van der Waals surface area contributed by atoms with Crippen LogP contribution >= 0.6 is 11.6 Å². The van der Waals surface area contributed by atoms with Gasteiger partial charge in [-0.1, -0.05) is 11.6 Å². The van der Waals surface area contributed by atoms with E-state index in [1.165, 1.54) is 23.1 Å². The van der Waals surface area contributed by atoms with Crippen LogP contribution in [0.4, 0.5) is 0 Å². The van der Waals surface area contributed by atoms with Crippen LogP contribution < -0.4 is 5.32 Å². The fraction of sp³-hybridized carbons (Fsp3) is 0.333. The number of rotatable bonds is 4. The number of halogens is 1. The molecule has 0 fully saturated rings. The van der Waals surface area contributed by atoms with Gasteiger partial charge < -0.3 is 15.3 Å². The second kappa shape index (κ2) is 6.26. The molecule has 0 saturated heterocycles. The number of hydrogen-bond donors (Lipinski definition) is 2. The predicted octanol–water partition coefficient (Wildman–Crippen LogP) is 1.25. The van der Waals surface area contributed by atoms with Crippen LogP contribution in [0, 0.1) is 0 Å². The SMILES string of the molecule is CN(C)C(=O)CCNC(=O)c1cc(O)ccc1Cl. The van der Waals surface area contributed by atoms with E-state index in [1.807, 2.05) is 0 Å². The Bertz CT molecular complexity index is 461. The van der Waals surface area contributed by atoms with Crippen LogP contribution in [0.3, 0.4) is 0 Å². The normalized spacial score (nSPS) is 9.94. The summed E-state index contributed by atoms with van der Waals surface area (Å²) in [6, 6.07) is 4.12. The molecule has 0 spiro atoms. The lowest BCUT2D eigenvalue weighted by molar-refractivity contribution is -0.128. The van der Waals surface area contributed by atoms with Crippen LogP contribution in [0.25, 0.3) is 0 Å². The summed E-state index contributed by atoms with van der Waals surface area (Å²) < 4.78 is 0. The lowest BCUT2D eigenvalue weighted by Gasteiger charge is -2.11. The lowest BCUT2D eigenvalue weighted by Crippen LogP contribution is -2.30. The summed E-state index contributed by atoms with van der Waals surface area (Å²) in [4.78, 5) is 24.5. The Balaban J connectivity index is 2.56. The maximum absolute atomic E-state index is 11.7. The summed E-state index contributed by atoms with van der Waals surface area (Å²) in [7, 11) is 3.30. The highest BCUT2D eigenvalue weighted by Crippen LogP contribution is 2.20. The fourth-order valence-electron chi connectivity index (χ4n) is 1.29. The molecule has 0 aromatic heterocycles. The number of carbonyl (C=O) groups is 2. The van der Waals surface area contributed by atoms with Crippen LogP contribution in [0.1, 0.15) is 16.8 Å². The van der Waals surface area contributed by atoms with Gasteiger partial charge in [0.05, 0.1) is 10.6 Å². The molecule has 2 N–H and O–H groups in total. The summed E-state index contributed by atoms with van der Waals surface area (Å²) >= 11 is 5.84. The van der Waals surface area contributed by atoms with Gasteiger partial charge in [-0.3, -0.25) is 9.59 Å². The molecule has 18 heavy (non-hydrogen) atoms. The minimum Gasteiger partial charge on any atom is -0.508 e. The molecule has 6 heteroatoms. The highest BCUT2D eigenvalue weighted by molar-refractivity contribution is 6.33. The van der Waals surface area contributed by atoms with Crippen molar-refractivity contribution in [2.45, 2.75) is 6.42 Å². The Morgan fingerprint density at radius 3 is 2.67 bits per heavy atom. The van der Waals surface area contributed by atoms with Crippen molar-refractivity contribution in [2.75, 3.05) is 20.6 Å². The van der Waals surface area contributed by atoms with Crippen molar-refractivity contribution in [3.63, 3.8) is 0 Å². The first-order chi connectivity index (χ1) is 8.41. The van der Waals surface area contributed by atoms with Crippen molar-refractivity contribution in [3.05, 3.63) is 28.8 Å². The van der Waals surface area contributed by atoms with Crippen LogP contribution in [0.15, 0.2) is 18.2 Å². The molecule has 0 unspecified atom stereocenters. The molecule has 1 rings (SSSR count). The number of nitrogens with one attached hydrogen (secondary N) is 1. The molecule has 2 amide bonds. The highest BCUT2D eigenvalue weighted by atomic mass is 35.5. The molecular formula is C12H15ClN2O3. The Morgan fingerprint density at radius 1 is 1.39 bits per heavy atom. The standard InChI is InChI=1S/C12H15ClN2O3/c1-15(2)11(17)5-6-14-12(18)9-7-8(16)3-4-10(9)13/h3-4,7,16H,5-6H2,1-2H3,(H,14,18). The molecule has 98 valence electrons. The van der Waals surface area contributed by atoms with Gasteiger partial charge in [0, 0.05) is 27.1 Å². The molecule has 0 radical (unpaired) electrons. The van der Waals surface area contributed by atoms with E-state index >= 15 is 0 Å². The lowest BCUT2D eigenvalue weighted by atomic mass is 10.2. The number of hydrogen-bond acceptors (Lipinski definition) is 3. The summed E-state index contributed by atoms with van der Waals surface area (Å²) in [5, 5.41) is 12.1. The minimum atomic E-state index is -0.414. The van der Waals surface area contributed by atoms with E-state index in [-0.39, 0.29) is 35.2 Å². The number of amides is 2. The van der Waals surface area contributed by atoms with Crippen LogP contribution in [-0.2, 0) is 4.79 Å². The van der Waals surface area contributed by atoms with Gasteiger partial charge in [-0.2, -0.15) is 0 Å². The zero-order valence-electron chi connectivity index (χ0n) is 10.2. The van der Waals surface area contributed by atoms with Crippen LogP contribution in [0.5, 0.6) is 5.75 Å². The smallest absolute Gasteiger partial charge is 0.252 e. The first-order valence-electron chi connectivity index (χ1n) is 5.38. The maximum atomic E-state index is 11.7. The van der Waals surface area contributed by atoms with Gasteiger partial charge in [-0.25, -0.2) is 0 Å². The first-order valence-corrected chi connectivity index (χ1v) is 5.76. The Hall–Kier alpha value is -1.75. The highest BCUT2D eigenvalue weighted by Gasteiger charge is 2.11. The van der Waals surface area contributed by atoms with E-state index < -0.39 is 5.91 Å². The van der Waals surface area contributed by atoms with E-state index in [0.717, 1.165) is 0 Å². The van der Waals surface area contributed by atoms with Crippen molar-refractivity contribution in [1.82, 2.24) is 10.2 Å². The van der Waals surface area contributed by atoms with Crippen LogP contribution in [-0.4, -0.2) is 42.5 Å². The minimum absolute atomic E-state index is 0.0334. The second-order valence-corrected chi connectivity index (χ2v) is 4.37. The molecule has 0 aliphatic rings. The quantitative estimate of drug-likeness (QED) is 0.865. The van der Waals surface area contributed by atoms with Gasteiger partial charge in [-0.15, -0.1) is 0 Å². The maximum Gasteiger partial charge on any atom is 0.252 e. The molecule has 0 heterocycles. The molecule has 1 aromatic rings. The van der Waals surface area contributed by atoms with Crippen molar-refractivity contribution in [2.24, 2.45) is 0 Å². The monoisotopic (exact) mass is 270 g/mol. The third-order valence-electron chi connectivity index (χ3n) is 2.32. The van der Waals surface area contributed by atoms with E-state index in [1.54, 1.807) is 14.1 Å². The number of benzene rings is 1. The average Bonchev–Trinajstić information content (AvgIpc) is 2.31. The van der Waals surface area contributed by atoms with Gasteiger partial charge in [0.1, 0.15) is 5.75 Å². The summed E-state index contributed by atoms with van der Waals surface area (Å²) in [6.45, 7) is 0.224. The third kappa shape index (κ3) is 3.92. The van der Waals surface area contributed by atoms with Crippen molar-refractivity contribution >= 4 is 23.4 Å². The van der Waals surface area contributed by atoms with Gasteiger partial charge in [0.2, 0.25) is 5.91 Å². The Labute approximate surface area is 110 Å². The predicted molar refractivity (Wildman–Crippen MR) is 68.8 cm³/mol. The van der Waals surface area contributed by atoms with Gasteiger partial charge in [0.25, 0.3) is 5.91 Å². The second-order valence-electron chi connectivity index (χ2n) is 3.96. The number of aromatic hydroxyl groups is 1. The van der Waals surface area contributed by atoms with Gasteiger partial charge >= 0.3 is 0 Å². The van der Waals surface area contributed by atoms with Gasteiger partial charge in [0.15, 0.2) is 0 Å². The molecular weight excluding hydrogens is 256 g/mol. The summed E-state index contributed by atoms with van der Waals surface area (Å²) in [6.07, 6.45) is 0.217. The van der Waals surface area contributed by atoms with Crippen molar-refractivity contribution in [1.29, 1.82) is 0 Å². The molecule has 0 bridgehead atoms. The van der Waals surface area contributed by atoms with E-state index in [2.05, 4.69) is 5.32 Å². The number of phenols is 1. The molecule has 0 aliphatic carbocycles. The molecule has 5 nitrogen and oxygen atoms in total. The zero-order chi connectivity index (χ0) is 13.7. The zero-order valence-corrected chi connectivity index (χ0v) is 11.0. The summed E-state index contributed by atoms with van der Waals surface area (Å²) in [5.41, 5.74) is 0.189. The molecule has 1 aromatic carbocycles. The number of carbonyl (C=O) groups excluding carboxylic acids is 2. The van der Waals surface area contributed by atoms with Crippen molar-refractivity contribution < 1.29 is 14.7 Å². The van der Waals surface area contributed by atoms with E-state index in [4.69, 9.17) is 11.6 Å². The first kappa shape index (κ1) is 14.3. The Kier molecular flexibility index (Phi) is 4.97. The van der Waals surface area contributed by atoms with E-state index in [9.17, 15) is 14.7 Å². The largest absolute Gasteiger partial charge is 0.508 e. The van der Waals surface area contributed by atoms with Crippen molar-refractivity contribution in [3.8, 4) is 5.75 Å².